The molecule has 0 bridgehead atoms. The van der Waals surface area contributed by atoms with E-state index in [1.54, 1.807) is 66.7 Å². The van der Waals surface area contributed by atoms with Gasteiger partial charge in [0.25, 0.3) is 21.8 Å². The Labute approximate surface area is 179 Å². The average Bonchev–Trinajstić information content (AvgIpc) is 2.75. The molecule has 31 heavy (non-hydrogen) atoms. The number of hydrogen-bond acceptors (Lipinski definition) is 5. The molecule has 3 aromatic rings. The molecule has 0 saturated carbocycles. The molecule has 1 heterocycles. The zero-order valence-electron chi connectivity index (χ0n) is 16.5. The van der Waals surface area contributed by atoms with Crippen LogP contribution in [0.25, 0.3) is 0 Å². The maximum absolute atomic E-state index is 12.5. The van der Waals surface area contributed by atoms with Gasteiger partial charge in [-0.25, -0.2) is 8.42 Å². The van der Waals surface area contributed by atoms with E-state index < -0.39 is 10.0 Å². The highest BCUT2D eigenvalue weighted by molar-refractivity contribution is 7.92. The molecule has 0 unspecified atom stereocenters. The number of amides is 2. The fourth-order valence-electron chi connectivity index (χ4n) is 2.97. The number of carbonyl (C=O) groups excluding carboxylic acids is 2. The van der Waals surface area contributed by atoms with E-state index >= 15 is 0 Å². The van der Waals surface area contributed by atoms with E-state index in [-0.39, 0.29) is 23.3 Å². The predicted octanol–water partition coefficient (Wildman–Crippen LogP) is 3.38. The van der Waals surface area contributed by atoms with Crippen LogP contribution < -0.4 is 20.1 Å². The number of anilines is 3. The van der Waals surface area contributed by atoms with Crippen LogP contribution in [0.2, 0.25) is 0 Å². The van der Waals surface area contributed by atoms with Crippen molar-refractivity contribution in [3.8, 4) is 5.75 Å². The van der Waals surface area contributed by atoms with Gasteiger partial charge in [0.1, 0.15) is 5.75 Å². The minimum atomic E-state index is -3.70. The number of carbonyl (C=O) groups is 2. The number of sulfonamides is 1. The van der Waals surface area contributed by atoms with Gasteiger partial charge in [-0.3, -0.25) is 14.3 Å². The van der Waals surface area contributed by atoms with E-state index in [0.717, 1.165) is 5.56 Å². The van der Waals surface area contributed by atoms with Gasteiger partial charge in [0.2, 0.25) is 0 Å². The number of aryl methyl sites for hydroxylation is 1. The second kappa shape index (κ2) is 8.11. The molecule has 2 amide bonds. The first-order chi connectivity index (χ1) is 14.8. The van der Waals surface area contributed by atoms with Crippen molar-refractivity contribution in [1.29, 1.82) is 0 Å². The van der Waals surface area contributed by atoms with Crippen molar-refractivity contribution >= 4 is 38.9 Å². The Morgan fingerprint density at radius 1 is 0.968 bits per heavy atom. The molecule has 0 aliphatic carbocycles. The first kappa shape index (κ1) is 20.4. The zero-order chi connectivity index (χ0) is 22.0. The van der Waals surface area contributed by atoms with Gasteiger partial charge < -0.3 is 15.4 Å². The van der Waals surface area contributed by atoms with Gasteiger partial charge in [-0.15, -0.1) is 0 Å². The largest absolute Gasteiger partial charge is 0.482 e. The summed E-state index contributed by atoms with van der Waals surface area (Å²) < 4.78 is 32.8. The number of nitrogens with one attached hydrogen (secondary N) is 3. The Balaban J connectivity index is 1.43. The predicted molar refractivity (Wildman–Crippen MR) is 117 cm³/mol. The third kappa shape index (κ3) is 4.67. The molecule has 1 aliphatic rings. The summed E-state index contributed by atoms with van der Waals surface area (Å²) in [6, 6.07) is 17.6. The second-order valence-corrected chi connectivity index (χ2v) is 8.68. The molecule has 4 rings (SSSR count). The van der Waals surface area contributed by atoms with E-state index in [1.807, 2.05) is 6.92 Å². The molecule has 158 valence electrons. The molecule has 0 radical (unpaired) electrons. The molecule has 0 aromatic heterocycles. The topological polar surface area (TPSA) is 114 Å². The van der Waals surface area contributed by atoms with Crippen molar-refractivity contribution in [3.63, 3.8) is 0 Å². The van der Waals surface area contributed by atoms with Gasteiger partial charge in [0, 0.05) is 16.9 Å². The Morgan fingerprint density at radius 3 is 2.35 bits per heavy atom. The van der Waals surface area contributed by atoms with Crippen molar-refractivity contribution < 1.29 is 22.7 Å². The molecule has 1 aliphatic heterocycles. The highest BCUT2D eigenvalue weighted by atomic mass is 32.2. The number of ether oxygens (including phenoxy) is 1. The van der Waals surface area contributed by atoms with E-state index in [1.165, 1.54) is 0 Å². The lowest BCUT2D eigenvalue weighted by Crippen LogP contribution is -2.25. The van der Waals surface area contributed by atoms with Crippen LogP contribution in [0, 0.1) is 6.92 Å². The van der Waals surface area contributed by atoms with Crippen molar-refractivity contribution in [3.05, 3.63) is 77.9 Å². The van der Waals surface area contributed by atoms with Gasteiger partial charge in [0.15, 0.2) is 6.61 Å². The molecule has 9 heteroatoms. The van der Waals surface area contributed by atoms with Crippen LogP contribution in [0.15, 0.2) is 71.6 Å². The standard InChI is InChI=1S/C22H19N3O5S/c1-14-2-9-18(10-3-14)31(28,29)25-17-7-5-16(6-8-17)23-22(27)15-4-11-19-20(12-15)30-13-21(26)24-19/h2-12,25H,13H2,1H3,(H,23,27)(H,24,26). The Morgan fingerprint density at radius 2 is 1.65 bits per heavy atom. The molecule has 8 nitrogen and oxygen atoms in total. The van der Waals surface area contributed by atoms with Crippen LogP contribution in [0.5, 0.6) is 5.75 Å². The minimum absolute atomic E-state index is 0.0992. The number of fused-ring (bicyclic) bond motifs is 1. The first-order valence-corrected chi connectivity index (χ1v) is 10.9. The summed E-state index contributed by atoms with van der Waals surface area (Å²) >= 11 is 0. The molecule has 0 spiro atoms. The van der Waals surface area contributed by atoms with Crippen LogP contribution in [-0.4, -0.2) is 26.8 Å². The van der Waals surface area contributed by atoms with Crippen LogP contribution in [-0.2, 0) is 14.8 Å². The molecule has 0 fully saturated rings. The third-order valence-corrected chi connectivity index (χ3v) is 6.00. The summed E-state index contributed by atoms with van der Waals surface area (Å²) in [4.78, 5) is 24.0. The van der Waals surface area contributed by atoms with Crippen molar-refractivity contribution in [2.24, 2.45) is 0 Å². The average molecular weight is 437 g/mol. The van der Waals surface area contributed by atoms with E-state index in [2.05, 4.69) is 15.4 Å². The highest BCUT2D eigenvalue weighted by Crippen LogP contribution is 2.29. The summed E-state index contributed by atoms with van der Waals surface area (Å²) in [6.45, 7) is 1.78. The Kier molecular flexibility index (Phi) is 5.35. The van der Waals surface area contributed by atoms with Crippen LogP contribution in [0.4, 0.5) is 17.1 Å². The highest BCUT2D eigenvalue weighted by Gasteiger charge is 2.18. The monoisotopic (exact) mass is 437 g/mol. The van der Waals surface area contributed by atoms with Gasteiger partial charge in [-0.1, -0.05) is 17.7 Å². The molecule has 0 atom stereocenters. The van der Waals surface area contributed by atoms with E-state index in [9.17, 15) is 18.0 Å². The van der Waals surface area contributed by atoms with Gasteiger partial charge in [-0.05, 0) is 61.5 Å². The van der Waals surface area contributed by atoms with Gasteiger partial charge >= 0.3 is 0 Å². The molecule has 0 saturated heterocycles. The second-order valence-electron chi connectivity index (χ2n) is 7.00. The summed E-state index contributed by atoms with van der Waals surface area (Å²) in [5, 5.41) is 5.41. The van der Waals surface area contributed by atoms with Gasteiger partial charge in [-0.2, -0.15) is 0 Å². The number of benzene rings is 3. The molecule has 3 N–H and O–H groups in total. The normalized spacial score (nSPS) is 12.9. The van der Waals surface area contributed by atoms with Gasteiger partial charge in [0.05, 0.1) is 10.6 Å². The summed E-state index contributed by atoms with van der Waals surface area (Å²) in [6.07, 6.45) is 0. The summed E-state index contributed by atoms with van der Waals surface area (Å²) in [5.41, 5.74) is 2.71. The first-order valence-electron chi connectivity index (χ1n) is 9.38. The van der Waals surface area contributed by atoms with Crippen molar-refractivity contribution in [2.45, 2.75) is 11.8 Å². The molecular weight excluding hydrogens is 418 g/mol. The lowest BCUT2D eigenvalue weighted by Gasteiger charge is -2.18. The van der Waals surface area contributed by atoms with E-state index in [4.69, 9.17) is 4.74 Å². The quantitative estimate of drug-likeness (QED) is 0.566. The zero-order valence-corrected chi connectivity index (χ0v) is 17.3. The molecular formula is C22H19N3O5S. The van der Waals surface area contributed by atoms with Crippen LogP contribution in [0.1, 0.15) is 15.9 Å². The summed E-state index contributed by atoms with van der Waals surface area (Å²) in [7, 11) is -3.70. The molecule has 3 aromatic carbocycles. The Bertz CT molecular complexity index is 1250. The number of hydrogen-bond donors (Lipinski definition) is 3. The van der Waals surface area contributed by atoms with Crippen LogP contribution >= 0.6 is 0 Å². The SMILES string of the molecule is Cc1ccc(S(=O)(=O)Nc2ccc(NC(=O)c3ccc4c(c3)OCC(=O)N4)cc2)cc1. The maximum atomic E-state index is 12.5. The fourth-order valence-corrected chi connectivity index (χ4v) is 4.03. The van der Waals surface area contributed by atoms with Crippen LogP contribution in [0.3, 0.4) is 0 Å². The third-order valence-electron chi connectivity index (χ3n) is 4.60. The number of rotatable bonds is 5. The van der Waals surface area contributed by atoms with E-state index in [0.29, 0.717) is 28.4 Å². The lowest BCUT2D eigenvalue weighted by molar-refractivity contribution is -0.118. The minimum Gasteiger partial charge on any atom is -0.482 e. The van der Waals surface area contributed by atoms with Crippen molar-refractivity contribution in [1.82, 2.24) is 0 Å². The van der Waals surface area contributed by atoms with Crippen molar-refractivity contribution in [2.75, 3.05) is 22.0 Å². The summed E-state index contributed by atoms with van der Waals surface area (Å²) in [5.74, 6) is -0.188. The fraction of sp³-hybridized carbons (Fsp3) is 0.0909. The maximum Gasteiger partial charge on any atom is 0.262 e. The lowest BCUT2D eigenvalue weighted by atomic mass is 10.1. The Hall–Kier alpha value is -3.85. The smallest absolute Gasteiger partial charge is 0.262 e.